The molecule has 1 unspecified atom stereocenters. The largest absolute Gasteiger partial charge is 0.396 e. The Bertz CT molecular complexity index is 741. The highest BCUT2D eigenvalue weighted by atomic mass is 16.5. The van der Waals surface area contributed by atoms with Gasteiger partial charge in [-0.1, -0.05) is 12.1 Å². The van der Waals surface area contributed by atoms with Crippen LogP contribution in [-0.2, 0) is 11.3 Å². The molecular formula is C22H32N4O2. The normalized spacial score (nSPS) is 21.8. The Morgan fingerprint density at radius 3 is 2.82 bits per heavy atom. The first-order valence-electron chi connectivity index (χ1n) is 10.5. The van der Waals surface area contributed by atoms with Crippen LogP contribution in [0.5, 0.6) is 0 Å². The summed E-state index contributed by atoms with van der Waals surface area (Å²) >= 11 is 0. The predicted octanol–water partition coefficient (Wildman–Crippen LogP) is 2.31. The lowest BCUT2D eigenvalue weighted by Gasteiger charge is -2.48. The SMILES string of the molecule is CC(CCO)N1CCOC2(CCN(Cc3cccc(-n4cccn4)c3)CC2)C1. The summed E-state index contributed by atoms with van der Waals surface area (Å²) in [6, 6.07) is 11.0. The topological polar surface area (TPSA) is 53.8 Å². The van der Waals surface area contributed by atoms with Crippen LogP contribution in [0.4, 0.5) is 0 Å². The number of aliphatic hydroxyl groups is 1. The predicted molar refractivity (Wildman–Crippen MR) is 109 cm³/mol. The number of morpholine rings is 1. The highest BCUT2D eigenvalue weighted by Gasteiger charge is 2.40. The van der Waals surface area contributed by atoms with Crippen LogP contribution < -0.4 is 0 Å². The van der Waals surface area contributed by atoms with E-state index >= 15 is 0 Å². The van der Waals surface area contributed by atoms with Crippen LogP contribution in [-0.4, -0.2) is 75.7 Å². The van der Waals surface area contributed by atoms with Crippen molar-refractivity contribution in [3.8, 4) is 5.69 Å². The van der Waals surface area contributed by atoms with Gasteiger partial charge in [0, 0.05) is 57.8 Å². The third-order valence-corrected chi connectivity index (χ3v) is 6.30. The van der Waals surface area contributed by atoms with Gasteiger partial charge in [-0.05, 0) is 49.9 Å². The summed E-state index contributed by atoms with van der Waals surface area (Å²) in [5.41, 5.74) is 2.43. The van der Waals surface area contributed by atoms with Crippen LogP contribution >= 0.6 is 0 Å². The van der Waals surface area contributed by atoms with Gasteiger partial charge in [0.1, 0.15) is 0 Å². The second-order valence-corrected chi connectivity index (χ2v) is 8.26. The smallest absolute Gasteiger partial charge is 0.0833 e. The van der Waals surface area contributed by atoms with Crippen molar-refractivity contribution in [2.24, 2.45) is 0 Å². The van der Waals surface area contributed by atoms with Crippen molar-refractivity contribution in [3.05, 3.63) is 48.3 Å². The Hall–Kier alpha value is -1.73. The fraction of sp³-hybridized carbons (Fsp3) is 0.591. The summed E-state index contributed by atoms with van der Waals surface area (Å²) in [5, 5.41) is 13.6. The highest BCUT2D eigenvalue weighted by Crippen LogP contribution is 2.31. The molecule has 4 rings (SSSR count). The lowest BCUT2D eigenvalue weighted by Crippen LogP contribution is -2.58. The van der Waals surface area contributed by atoms with Crippen molar-refractivity contribution >= 4 is 0 Å². The summed E-state index contributed by atoms with van der Waals surface area (Å²) in [6.45, 7) is 8.36. The number of ether oxygens (including phenoxy) is 1. The fourth-order valence-electron chi connectivity index (χ4n) is 4.52. The first kappa shape index (κ1) is 19.6. The van der Waals surface area contributed by atoms with Gasteiger partial charge in [-0.3, -0.25) is 9.80 Å². The molecule has 1 spiro atoms. The third kappa shape index (κ3) is 4.46. The molecule has 2 aliphatic heterocycles. The van der Waals surface area contributed by atoms with Crippen LogP contribution in [0.2, 0.25) is 0 Å². The molecule has 1 N–H and O–H groups in total. The molecule has 3 heterocycles. The summed E-state index contributed by atoms with van der Waals surface area (Å²) in [4.78, 5) is 5.04. The summed E-state index contributed by atoms with van der Waals surface area (Å²) in [7, 11) is 0. The maximum atomic E-state index is 9.25. The third-order valence-electron chi connectivity index (χ3n) is 6.30. The molecule has 0 aliphatic carbocycles. The standard InChI is InChI=1S/C22H32N4O2/c1-19(6-14-27)25-13-15-28-22(18-25)7-11-24(12-8-22)17-20-4-2-5-21(16-20)26-10-3-9-23-26/h2-5,9-10,16,19,27H,6-8,11-15,17-18H2,1H3. The number of nitrogens with zero attached hydrogens (tertiary/aromatic N) is 4. The van der Waals surface area contributed by atoms with Gasteiger partial charge >= 0.3 is 0 Å². The number of likely N-dealkylation sites (tertiary alicyclic amines) is 1. The quantitative estimate of drug-likeness (QED) is 0.828. The maximum absolute atomic E-state index is 9.25. The van der Waals surface area contributed by atoms with Crippen LogP contribution in [0, 0.1) is 0 Å². The lowest BCUT2D eigenvalue weighted by atomic mass is 9.88. The molecule has 6 nitrogen and oxygen atoms in total. The molecular weight excluding hydrogens is 352 g/mol. The van der Waals surface area contributed by atoms with Gasteiger partial charge in [0.05, 0.1) is 17.9 Å². The molecule has 6 heteroatoms. The van der Waals surface area contributed by atoms with E-state index in [1.165, 1.54) is 5.56 Å². The van der Waals surface area contributed by atoms with Gasteiger partial charge in [0.25, 0.3) is 0 Å². The van der Waals surface area contributed by atoms with Gasteiger partial charge in [-0.2, -0.15) is 5.10 Å². The number of aliphatic hydroxyl groups excluding tert-OH is 1. The van der Waals surface area contributed by atoms with Gasteiger partial charge in [-0.25, -0.2) is 4.68 Å². The fourth-order valence-corrected chi connectivity index (χ4v) is 4.52. The van der Waals surface area contributed by atoms with Crippen LogP contribution in [0.3, 0.4) is 0 Å². The van der Waals surface area contributed by atoms with E-state index in [2.05, 4.69) is 46.1 Å². The van der Waals surface area contributed by atoms with E-state index in [9.17, 15) is 5.11 Å². The molecule has 1 atom stereocenters. The van der Waals surface area contributed by atoms with E-state index < -0.39 is 0 Å². The Morgan fingerprint density at radius 2 is 2.07 bits per heavy atom. The molecule has 2 aromatic rings. The van der Waals surface area contributed by atoms with Crippen molar-refractivity contribution in [3.63, 3.8) is 0 Å². The average molecular weight is 385 g/mol. The van der Waals surface area contributed by atoms with Gasteiger partial charge in [0.2, 0.25) is 0 Å². The molecule has 152 valence electrons. The number of hydrogen-bond donors (Lipinski definition) is 1. The van der Waals surface area contributed by atoms with Gasteiger partial charge < -0.3 is 9.84 Å². The lowest BCUT2D eigenvalue weighted by molar-refractivity contribution is -0.143. The first-order chi connectivity index (χ1) is 13.7. The van der Waals surface area contributed by atoms with E-state index in [0.29, 0.717) is 6.04 Å². The Kier molecular flexibility index (Phi) is 6.11. The zero-order valence-electron chi connectivity index (χ0n) is 16.8. The zero-order chi connectivity index (χ0) is 19.4. The van der Waals surface area contributed by atoms with E-state index in [0.717, 1.165) is 64.3 Å². The Labute approximate surface area is 167 Å². The van der Waals surface area contributed by atoms with E-state index in [-0.39, 0.29) is 12.2 Å². The molecule has 0 bridgehead atoms. The second kappa shape index (κ2) is 8.74. The first-order valence-corrected chi connectivity index (χ1v) is 10.5. The van der Waals surface area contributed by atoms with Crippen LogP contribution in [0.1, 0.15) is 31.7 Å². The van der Waals surface area contributed by atoms with Gasteiger partial charge in [-0.15, -0.1) is 0 Å². The maximum Gasteiger partial charge on any atom is 0.0833 e. The number of piperidine rings is 1. The second-order valence-electron chi connectivity index (χ2n) is 8.26. The zero-order valence-corrected chi connectivity index (χ0v) is 16.8. The number of hydrogen-bond acceptors (Lipinski definition) is 5. The molecule has 1 aromatic heterocycles. The van der Waals surface area contributed by atoms with Crippen molar-refractivity contribution < 1.29 is 9.84 Å². The highest BCUT2D eigenvalue weighted by molar-refractivity contribution is 5.35. The number of rotatable bonds is 6. The molecule has 28 heavy (non-hydrogen) atoms. The minimum atomic E-state index is -0.00459. The van der Waals surface area contributed by atoms with Crippen molar-refractivity contribution in [2.75, 3.05) is 39.4 Å². The van der Waals surface area contributed by atoms with Crippen molar-refractivity contribution in [1.82, 2.24) is 19.6 Å². The molecule has 0 saturated carbocycles. The van der Waals surface area contributed by atoms with E-state index in [4.69, 9.17) is 4.74 Å². The van der Waals surface area contributed by atoms with Crippen molar-refractivity contribution in [1.29, 1.82) is 0 Å². The van der Waals surface area contributed by atoms with Crippen LogP contribution in [0.15, 0.2) is 42.7 Å². The number of aromatic nitrogens is 2. The van der Waals surface area contributed by atoms with Gasteiger partial charge in [0.15, 0.2) is 0 Å². The molecule has 0 amide bonds. The molecule has 2 fully saturated rings. The minimum absolute atomic E-state index is 0.00459. The average Bonchev–Trinajstić information content (AvgIpc) is 3.26. The number of benzene rings is 1. The summed E-state index contributed by atoms with van der Waals surface area (Å²) in [6.07, 6.45) is 6.79. The molecule has 1 aromatic carbocycles. The Morgan fingerprint density at radius 1 is 1.21 bits per heavy atom. The monoisotopic (exact) mass is 384 g/mol. The Balaban J connectivity index is 1.34. The van der Waals surface area contributed by atoms with E-state index in [1.54, 1.807) is 0 Å². The molecule has 0 radical (unpaired) electrons. The summed E-state index contributed by atoms with van der Waals surface area (Å²) in [5.74, 6) is 0. The molecule has 2 saturated heterocycles. The van der Waals surface area contributed by atoms with Crippen molar-refractivity contribution in [2.45, 2.75) is 44.4 Å². The molecule has 2 aliphatic rings. The summed E-state index contributed by atoms with van der Waals surface area (Å²) < 4.78 is 8.20. The minimum Gasteiger partial charge on any atom is -0.396 e. The van der Waals surface area contributed by atoms with E-state index in [1.807, 2.05) is 23.1 Å². The van der Waals surface area contributed by atoms with Crippen LogP contribution in [0.25, 0.3) is 5.69 Å².